The fourth-order valence-electron chi connectivity index (χ4n) is 7.65. The average molecular weight is 643 g/mol. The molecular weight excluding hydrogens is 609 g/mol. The number of methoxy groups -OCH3 is 1. The van der Waals surface area contributed by atoms with Gasteiger partial charge in [0.2, 0.25) is 0 Å². The number of amides is 1. The van der Waals surface area contributed by atoms with Crippen LogP contribution in [0.5, 0.6) is 0 Å². The third-order valence-corrected chi connectivity index (χ3v) is 12.5. The Bertz CT molecular complexity index is 1550. The standard InChI is InChI=1S/C30H34ClF3N2O6S/c1-15(2)26(28(38)42-3)35-14-30(39)23-7-5-18(13-29(23)9-8-24(29)30)43(40,41)22-10-16(4-6-19(22)31)27(37)36-17-11-20(32)25(34)21(33)12-17/h4,6,10-12,15,18,23-24,26,35,39H,5,7-9,13-14H2,1-3H3,(H,36,37)/t18?,23?,24?,26-,29?,30+/m0/s1. The first-order valence-corrected chi connectivity index (χ1v) is 16.1. The zero-order chi connectivity index (χ0) is 31.5. The molecule has 234 valence electrons. The lowest BCUT2D eigenvalue weighted by Crippen LogP contribution is -2.79. The molecule has 43 heavy (non-hydrogen) atoms. The summed E-state index contributed by atoms with van der Waals surface area (Å²) >= 11 is 6.32. The van der Waals surface area contributed by atoms with Crippen LogP contribution >= 0.6 is 11.6 Å². The molecule has 1 spiro atoms. The number of carbonyl (C=O) groups is 2. The second-order valence-corrected chi connectivity index (χ2v) is 14.9. The van der Waals surface area contributed by atoms with Crippen molar-refractivity contribution in [1.82, 2.24) is 5.32 Å². The lowest BCUT2D eigenvalue weighted by Gasteiger charge is -2.75. The van der Waals surface area contributed by atoms with Gasteiger partial charge in [0, 0.05) is 29.9 Å². The molecule has 13 heteroatoms. The summed E-state index contributed by atoms with van der Waals surface area (Å²) in [7, 11) is -2.70. The molecule has 0 aromatic heterocycles. The maximum atomic E-state index is 13.9. The second-order valence-electron chi connectivity index (χ2n) is 12.3. The van der Waals surface area contributed by atoms with E-state index in [1.165, 1.54) is 19.2 Å². The van der Waals surface area contributed by atoms with Gasteiger partial charge >= 0.3 is 5.97 Å². The molecule has 2 aromatic carbocycles. The van der Waals surface area contributed by atoms with Crippen LogP contribution < -0.4 is 10.6 Å². The summed E-state index contributed by atoms with van der Waals surface area (Å²) in [5.41, 5.74) is -1.87. The van der Waals surface area contributed by atoms with Crippen LogP contribution in [0, 0.1) is 40.6 Å². The number of carbonyl (C=O) groups excluding carboxylic acids is 2. The Labute approximate surface area is 253 Å². The van der Waals surface area contributed by atoms with Crippen molar-refractivity contribution in [3.63, 3.8) is 0 Å². The molecule has 0 aliphatic heterocycles. The minimum absolute atomic E-state index is 0.0521. The highest BCUT2D eigenvalue weighted by molar-refractivity contribution is 7.92. The van der Waals surface area contributed by atoms with Crippen LogP contribution in [0.3, 0.4) is 0 Å². The van der Waals surface area contributed by atoms with Crippen LogP contribution in [0.15, 0.2) is 35.2 Å². The molecule has 3 aliphatic carbocycles. The van der Waals surface area contributed by atoms with Gasteiger partial charge < -0.3 is 20.5 Å². The third kappa shape index (κ3) is 5.23. The van der Waals surface area contributed by atoms with Gasteiger partial charge in [-0.05, 0) is 73.5 Å². The Kier molecular flexibility index (Phi) is 8.38. The molecule has 1 amide bonds. The number of hydrogen-bond acceptors (Lipinski definition) is 7. The van der Waals surface area contributed by atoms with E-state index in [9.17, 15) is 36.3 Å². The quantitative estimate of drug-likeness (QED) is 0.263. The number of rotatable bonds is 9. The minimum atomic E-state index is -4.02. The van der Waals surface area contributed by atoms with Crippen LogP contribution in [0.2, 0.25) is 5.02 Å². The molecule has 3 N–H and O–H groups in total. The van der Waals surface area contributed by atoms with Crippen LogP contribution in [0.1, 0.15) is 56.3 Å². The molecule has 3 saturated carbocycles. The van der Waals surface area contributed by atoms with E-state index in [1.807, 2.05) is 13.8 Å². The summed E-state index contributed by atoms with van der Waals surface area (Å²) in [5.74, 6) is -6.22. The lowest BCUT2D eigenvalue weighted by molar-refractivity contribution is -0.315. The highest BCUT2D eigenvalue weighted by Gasteiger charge is 2.75. The normalized spacial score (nSPS) is 28.6. The van der Waals surface area contributed by atoms with Crippen molar-refractivity contribution in [1.29, 1.82) is 0 Å². The van der Waals surface area contributed by atoms with E-state index < -0.39 is 56.1 Å². The first kappa shape index (κ1) is 31.7. The molecule has 0 bridgehead atoms. The Balaban J connectivity index is 1.32. The van der Waals surface area contributed by atoms with Gasteiger partial charge in [-0.1, -0.05) is 25.4 Å². The van der Waals surface area contributed by atoms with E-state index in [2.05, 4.69) is 10.6 Å². The fourth-order valence-corrected chi connectivity index (χ4v) is 10.1. The van der Waals surface area contributed by atoms with Crippen LogP contribution in [-0.4, -0.2) is 55.9 Å². The first-order chi connectivity index (χ1) is 20.2. The van der Waals surface area contributed by atoms with Gasteiger partial charge in [-0.15, -0.1) is 0 Å². The largest absolute Gasteiger partial charge is 0.468 e. The molecule has 0 radical (unpaired) electrons. The van der Waals surface area contributed by atoms with Crippen molar-refractivity contribution in [2.45, 2.75) is 67.7 Å². The van der Waals surface area contributed by atoms with E-state index in [0.29, 0.717) is 25.0 Å². The monoisotopic (exact) mass is 642 g/mol. The number of halogens is 4. The molecule has 3 fully saturated rings. The van der Waals surface area contributed by atoms with E-state index in [0.717, 1.165) is 18.9 Å². The lowest BCUT2D eigenvalue weighted by atomic mass is 9.32. The summed E-state index contributed by atoms with van der Waals surface area (Å²) in [4.78, 5) is 24.8. The molecule has 8 nitrogen and oxygen atoms in total. The number of benzene rings is 2. The van der Waals surface area contributed by atoms with Crippen molar-refractivity contribution in [3.8, 4) is 0 Å². The van der Waals surface area contributed by atoms with Gasteiger partial charge in [0.25, 0.3) is 5.91 Å². The smallest absolute Gasteiger partial charge is 0.323 e. The maximum Gasteiger partial charge on any atom is 0.323 e. The van der Waals surface area contributed by atoms with E-state index in [-0.39, 0.29) is 57.3 Å². The fraction of sp³-hybridized carbons (Fsp3) is 0.533. The first-order valence-electron chi connectivity index (χ1n) is 14.2. The van der Waals surface area contributed by atoms with Crippen molar-refractivity contribution in [2.24, 2.45) is 23.2 Å². The summed E-state index contributed by atoms with van der Waals surface area (Å²) in [6, 6.07) is 4.34. The highest BCUT2D eigenvalue weighted by Crippen LogP contribution is 2.74. The van der Waals surface area contributed by atoms with Crippen LogP contribution in [0.25, 0.3) is 0 Å². The Hall–Kier alpha value is -2.67. The van der Waals surface area contributed by atoms with E-state index in [4.69, 9.17) is 16.3 Å². The van der Waals surface area contributed by atoms with Gasteiger partial charge in [0.05, 0.1) is 27.9 Å². The number of sulfone groups is 1. The van der Waals surface area contributed by atoms with E-state index in [1.54, 1.807) is 0 Å². The third-order valence-electron chi connectivity index (χ3n) is 9.79. The van der Waals surface area contributed by atoms with Crippen molar-refractivity contribution < 1.29 is 41.0 Å². The molecule has 2 aromatic rings. The summed E-state index contributed by atoms with van der Waals surface area (Å²) in [6.45, 7) is 3.97. The SMILES string of the molecule is COC(=O)[C@@H](NC[C@@]1(O)C2CCC(S(=O)(=O)c3cc(C(=O)Nc4cc(F)c(F)c(F)c4)ccc3Cl)CC23CCC31)C(C)C. The molecule has 5 rings (SSSR count). The number of esters is 1. The molecule has 0 heterocycles. The number of aliphatic hydroxyl groups is 1. The highest BCUT2D eigenvalue weighted by atomic mass is 35.5. The zero-order valence-electron chi connectivity index (χ0n) is 23.9. The molecule has 0 saturated heterocycles. The van der Waals surface area contributed by atoms with Crippen molar-refractivity contribution in [2.75, 3.05) is 19.0 Å². The number of anilines is 1. The topological polar surface area (TPSA) is 122 Å². The Morgan fingerprint density at radius 2 is 1.74 bits per heavy atom. The van der Waals surface area contributed by atoms with E-state index >= 15 is 0 Å². The van der Waals surface area contributed by atoms with Gasteiger partial charge in [-0.3, -0.25) is 9.59 Å². The number of hydrogen-bond donors (Lipinski definition) is 3. The van der Waals surface area contributed by atoms with Gasteiger partial charge in [-0.2, -0.15) is 0 Å². The summed E-state index contributed by atoms with van der Waals surface area (Å²) < 4.78 is 73.2. The minimum Gasteiger partial charge on any atom is -0.468 e. The Morgan fingerprint density at radius 3 is 2.33 bits per heavy atom. The van der Waals surface area contributed by atoms with Gasteiger partial charge in [-0.25, -0.2) is 21.6 Å². The Morgan fingerprint density at radius 1 is 1.09 bits per heavy atom. The maximum absolute atomic E-state index is 13.9. The van der Waals surface area contributed by atoms with Crippen LogP contribution in [-0.2, 0) is 19.4 Å². The molecular formula is C30H34ClF3N2O6S. The van der Waals surface area contributed by atoms with Crippen molar-refractivity contribution in [3.05, 3.63) is 58.4 Å². The summed E-state index contributed by atoms with van der Waals surface area (Å²) in [6.07, 6.45) is 2.59. The van der Waals surface area contributed by atoms with Gasteiger partial charge in [0.1, 0.15) is 6.04 Å². The predicted molar refractivity (Wildman–Crippen MR) is 153 cm³/mol. The molecule has 3 aliphatic rings. The van der Waals surface area contributed by atoms with Crippen molar-refractivity contribution >= 4 is 39.0 Å². The average Bonchev–Trinajstić information content (AvgIpc) is 2.94. The van der Waals surface area contributed by atoms with Gasteiger partial charge in [0.15, 0.2) is 27.3 Å². The molecule has 6 atom stereocenters. The zero-order valence-corrected chi connectivity index (χ0v) is 25.5. The number of ether oxygens (including phenoxy) is 1. The predicted octanol–water partition coefficient (Wildman–Crippen LogP) is 4.88. The molecule has 4 unspecified atom stereocenters. The van der Waals surface area contributed by atoms with Crippen LogP contribution in [0.4, 0.5) is 18.9 Å². The summed E-state index contributed by atoms with van der Waals surface area (Å²) in [5, 5.41) is 16.3. The second kappa shape index (κ2) is 11.4. The number of nitrogens with one attached hydrogen (secondary N) is 2.